The van der Waals surface area contributed by atoms with Crippen molar-refractivity contribution in [2.45, 2.75) is 37.8 Å². The van der Waals surface area contributed by atoms with Crippen LogP contribution < -0.4 is 5.32 Å². The minimum Gasteiger partial charge on any atom is -0.378 e. The standard InChI is InChI=1S/C12H19N3O2S/c1-2-9-14-15-11(18-9)10-12(17-7-5-13-10)4-3-6-16-8-12/h10,13H,2-8H2,1H3. The van der Waals surface area contributed by atoms with Crippen molar-refractivity contribution in [3.05, 3.63) is 10.0 Å². The Morgan fingerprint density at radius 3 is 3.11 bits per heavy atom. The normalized spacial score (nSPS) is 32.8. The van der Waals surface area contributed by atoms with Gasteiger partial charge in [0.05, 0.1) is 19.3 Å². The van der Waals surface area contributed by atoms with Gasteiger partial charge in [-0.3, -0.25) is 0 Å². The van der Waals surface area contributed by atoms with Crippen LogP contribution in [0.3, 0.4) is 0 Å². The van der Waals surface area contributed by atoms with Gasteiger partial charge in [-0.15, -0.1) is 10.2 Å². The summed E-state index contributed by atoms with van der Waals surface area (Å²) in [7, 11) is 0. The van der Waals surface area contributed by atoms with Crippen LogP contribution in [-0.4, -0.2) is 42.2 Å². The second-order valence-electron chi connectivity index (χ2n) is 4.84. The third kappa shape index (κ3) is 2.18. The van der Waals surface area contributed by atoms with E-state index in [1.165, 1.54) is 0 Å². The number of nitrogens with zero attached hydrogens (tertiary/aromatic N) is 2. The van der Waals surface area contributed by atoms with Crippen LogP contribution in [0.25, 0.3) is 0 Å². The van der Waals surface area contributed by atoms with Crippen molar-refractivity contribution in [2.75, 3.05) is 26.4 Å². The number of morpholine rings is 1. The third-order valence-electron chi connectivity index (χ3n) is 3.63. The summed E-state index contributed by atoms with van der Waals surface area (Å²) in [6.45, 7) is 5.22. The monoisotopic (exact) mass is 269 g/mol. The van der Waals surface area contributed by atoms with Gasteiger partial charge in [-0.05, 0) is 19.3 Å². The van der Waals surface area contributed by atoms with E-state index in [0.717, 1.165) is 49.0 Å². The Bertz CT molecular complexity index is 396. The molecule has 0 aliphatic carbocycles. The number of hydrogen-bond donors (Lipinski definition) is 1. The van der Waals surface area contributed by atoms with Crippen LogP contribution in [0.1, 0.15) is 35.8 Å². The lowest BCUT2D eigenvalue weighted by atomic mass is 9.87. The smallest absolute Gasteiger partial charge is 0.137 e. The first-order valence-electron chi connectivity index (χ1n) is 6.61. The van der Waals surface area contributed by atoms with E-state index in [0.29, 0.717) is 6.61 Å². The average molecular weight is 269 g/mol. The number of nitrogens with one attached hydrogen (secondary N) is 1. The number of aromatic nitrogens is 2. The lowest BCUT2D eigenvalue weighted by molar-refractivity contribution is -0.165. The Balaban J connectivity index is 1.86. The lowest BCUT2D eigenvalue weighted by Gasteiger charge is -2.45. The highest BCUT2D eigenvalue weighted by Crippen LogP contribution is 2.39. The second kappa shape index (κ2) is 5.21. The molecule has 18 heavy (non-hydrogen) atoms. The summed E-state index contributed by atoms with van der Waals surface area (Å²) < 4.78 is 11.7. The van der Waals surface area contributed by atoms with Gasteiger partial charge in [0.2, 0.25) is 0 Å². The van der Waals surface area contributed by atoms with Crippen LogP contribution in [0.15, 0.2) is 0 Å². The molecule has 0 aromatic carbocycles. The van der Waals surface area contributed by atoms with Crippen LogP contribution >= 0.6 is 11.3 Å². The SMILES string of the molecule is CCc1nnc(C2NCCOC23CCCOC3)s1. The van der Waals surface area contributed by atoms with Gasteiger partial charge in [-0.2, -0.15) is 0 Å². The van der Waals surface area contributed by atoms with Gasteiger partial charge >= 0.3 is 0 Å². The van der Waals surface area contributed by atoms with Crippen molar-refractivity contribution < 1.29 is 9.47 Å². The quantitative estimate of drug-likeness (QED) is 0.877. The molecule has 6 heteroatoms. The van der Waals surface area contributed by atoms with Crippen molar-refractivity contribution in [2.24, 2.45) is 0 Å². The summed E-state index contributed by atoms with van der Waals surface area (Å²) in [6, 6.07) is 0.129. The summed E-state index contributed by atoms with van der Waals surface area (Å²) in [5.41, 5.74) is -0.235. The summed E-state index contributed by atoms with van der Waals surface area (Å²) >= 11 is 1.69. The Morgan fingerprint density at radius 1 is 1.44 bits per heavy atom. The predicted octanol–water partition coefficient (Wildman–Crippen LogP) is 1.31. The first kappa shape index (κ1) is 12.5. The molecule has 5 nitrogen and oxygen atoms in total. The second-order valence-corrected chi connectivity index (χ2v) is 5.94. The summed E-state index contributed by atoms with van der Waals surface area (Å²) in [4.78, 5) is 0. The maximum absolute atomic E-state index is 6.07. The summed E-state index contributed by atoms with van der Waals surface area (Å²) in [6.07, 6.45) is 3.03. The van der Waals surface area contributed by atoms with Gasteiger partial charge in [0.1, 0.15) is 15.6 Å². The van der Waals surface area contributed by atoms with E-state index in [1.54, 1.807) is 11.3 Å². The first-order valence-corrected chi connectivity index (χ1v) is 7.43. The van der Waals surface area contributed by atoms with E-state index in [4.69, 9.17) is 9.47 Å². The van der Waals surface area contributed by atoms with Crippen LogP contribution in [0.2, 0.25) is 0 Å². The minimum absolute atomic E-state index is 0.129. The van der Waals surface area contributed by atoms with Crippen molar-refractivity contribution in [1.29, 1.82) is 0 Å². The van der Waals surface area contributed by atoms with Crippen LogP contribution in [0.5, 0.6) is 0 Å². The molecular formula is C12H19N3O2S. The Kier molecular flexibility index (Phi) is 3.61. The molecule has 0 amide bonds. The van der Waals surface area contributed by atoms with Gasteiger partial charge in [0.25, 0.3) is 0 Å². The van der Waals surface area contributed by atoms with Crippen molar-refractivity contribution in [3.63, 3.8) is 0 Å². The largest absolute Gasteiger partial charge is 0.378 e. The molecule has 2 aliphatic heterocycles. The Morgan fingerprint density at radius 2 is 2.39 bits per heavy atom. The van der Waals surface area contributed by atoms with E-state index in [9.17, 15) is 0 Å². The molecule has 0 radical (unpaired) electrons. The fraction of sp³-hybridized carbons (Fsp3) is 0.833. The molecule has 0 bridgehead atoms. The molecule has 1 spiro atoms. The number of ether oxygens (including phenoxy) is 2. The fourth-order valence-corrected chi connectivity index (χ4v) is 3.66. The highest BCUT2D eigenvalue weighted by Gasteiger charge is 2.46. The van der Waals surface area contributed by atoms with E-state index in [2.05, 4.69) is 22.4 Å². The number of rotatable bonds is 2. The molecule has 2 saturated heterocycles. The van der Waals surface area contributed by atoms with E-state index in [-0.39, 0.29) is 11.6 Å². The molecule has 2 aliphatic rings. The molecule has 100 valence electrons. The van der Waals surface area contributed by atoms with E-state index in [1.807, 2.05) is 0 Å². The highest BCUT2D eigenvalue weighted by molar-refractivity contribution is 7.11. The van der Waals surface area contributed by atoms with Crippen molar-refractivity contribution in [1.82, 2.24) is 15.5 Å². The molecule has 1 aromatic rings. The molecular weight excluding hydrogens is 250 g/mol. The zero-order valence-electron chi connectivity index (χ0n) is 10.6. The van der Waals surface area contributed by atoms with Crippen molar-refractivity contribution >= 4 is 11.3 Å². The molecule has 2 fully saturated rings. The van der Waals surface area contributed by atoms with Gasteiger partial charge < -0.3 is 14.8 Å². The molecule has 1 aromatic heterocycles. The first-order chi connectivity index (χ1) is 8.84. The maximum Gasteiger partial charge on any atom is 0.137 e. The topological polar surface area (TPSA) is 56.3 Å². The Labute approximate surface area is 111 Å². The van der Waals surface area contributed by atoms with E-state index < -0.39 is 0 Å². The van der Waals surface area contributed by atoms with Gasteiger partial charge in [0.15, 0.2) is 0 Å². The molecule has 3 heterocycles. The van der Waals surface area contributed by atoms with Crippen LogP contribution in [0, 0.1) is 0 Å². The minimum atomic E-state index is -0.235. The predicted molar refractivity (Wildman–Crippen MR) is 68.8 cm³/mol. The lowest BCUT2D eigenvalue weighted by Crippen LogP contribution is -2.56. The third-order valence-corrected chi connectivity index (χ3v) is 4.77. The highest BCUT2D eigenvalue weighted by atomic mass is 32.1. The zero-order valence-corrected chi connectivity index (χ0v) is 11.5. The van der Waals surface area contributed by atoms with Gasteiger partial charge in [0, 0.05) is 13.2 Å². The molecule has 1 N–H and O–H groups in total. The van der Waals surface area contributed by atoms with E-state index >= 15 is 0 Å². The van der Waals surface area contributed by atoms with Crippen LogP contribution in [0.4, 0.5) is 0 Å². The van der Waals surface area contributed by atoms with Crippen LogP contribution in [-0.2, 0) is 15.9 Å². The zero-order chi connectivity index (χ0) is 12.4. The van der Waals surface area contributed by atoms with Gasteiger partial charge in [-0.25, -0.2) is 0 Å². The molecule has 2 unspecified atom stereocenters. The van der Waals surface area contributed by atoms with Crippen molar-refractivity contribution in [3.8, 4) is 0 Å². The molecule has 3 rings (SSSR count). The van der Waals surface area contributed by atoms with Gasteiger partial charge in [-0.1, -0.05) is 18.3 Å². The number of aryl methyl sites for hydroxylation is 1. The maximum atomic E-state index is 6.07. The summed E-state index contributed by atoms with van der Waals surface area (Å²) in [5, 5.41) is 14.2. The molecule has 0 saturated carbocycles. The number of hydrogen-bond acceptors (Lipinski definition) is 6. The summed E-state index contributed by atoms with van der Waals surface area (Å²) in [5.74, 6) is 0. The fourth-order valence-electron chi connectivity index (χ4n) is 2.70. The Hall–Kier alpha value is -0.560. The molecule has 2 atom stereocenters. The average Bonchev–Trinajstić information content (AvgIpc) is 2.89.